The number of benzene rings is 3. The van der Waals surface area contributed by atoms with Crippen molar-refractivity contribution in [1.82, 2.24) is 24.2 Å². The second kappa shape index (κ2) is 9.96. The summed E-state index contributed by atoms with van der Waals surface area (Å²) in [7, 11) is 1.64. The third-order valence-corrected chi connectivity index (χ3v) is 7.68. The van der Waals surface area contributed by atoms with Crippen LogP contribution in [0.5, 0.6) is 0 Å². The van der Waals surface area contributed by atoms with E-state index >= 15 is 0 Å². The van der Waals surface area contributed by atoms with Gasteiger partial charge in [-0.1, -0.05) is 36.4 Å². The van der Waals surface area contributed by atoms with Crippen molar-refractivity contribution in [1.29, 1.82) is 0 Å². The molecule has 40 heavy (non-hydrogen) atoms. The van der Waals surface area contributed by atoms with Gasteiger partial charge in [0.05, 0.1) is 16.6 Å². The maximum absolute atomic E-state index is 14.5. The third kappa shape index (κ3) is 4.61. The van der Waals surface area contributed by atoms with Crippen LogP contribution in [0.3, 0.4) is 0 Å². The van der Waals surface area contributed by atoms with Crippen LogP contribution in [-0.4, -0.2) is 43.5 Å². The third-order valence-electron chi connectivity index (χ3n) is 7.68. The number of fused-ring (bicyclic) bond motifs is 2. The van der Waals surface area contributed by atoms with E-state index in [9.17, 15) is 26.3 Å². The molecule has 5 nitrogen and oxygen atoms in total. The van der Waals surface area contributed by atoms with E-state index in [2.05, 4.69) is 10.1 Å². The van der Waals surface area contributed by atoms with Crippen molar-refractivity contribution in [2.24, 2.45) is 7.05 Å². The van der Waals surface area contributed by atoms with E-state index in [0.29, 0.717) is 33.2 Å². The van der Waals surface area contributed by atoms with Crippen molar-refractivity contribution in [3.05, 3.63) is 83.9 Å². The van der Waals surface area contributed by atoms with E-state index in [1.807, 2.05) is 0 Å². The molecule has 1 atom stereocenters. The lowest BCUT2D eigenvalue weighted by molar-refractivity contribution is -0.189. The van der Waals surface area contributed by atoms with E-state index in [0.717, 1.165) is 4.57 Å². The highest BCUT2D eigenvalue weighted by atomic mass is 19.4. The topological polar surface area (TPSA) is 38.9 Å². The summed E-state index contributed by atoms with van der Waals surface area (Å²) >= 11 is 0. The SMILES string of the molecule is Cn1nc(-c2cccc(F)c2)c2ccc(C(N3CCC(c4nc5ccccc5n4C(F)F)CC3)C(F)(F)F)cc21. The molecule has 0 spiro atoms. The summed E-state index contributed by atoms with van der Waals surface area (Å²) in [5.41, 5.74) is 2.32. The number of hydrogen-bond acceptors (Lipinski definition) is 3. The van der Waals surface area contributed by atoms with Crippen LogP contribution in [0.2, 0.25) is 0 Å². The van der Waals surface area contributed by atoms with Gasteiger partial charge in [-0.2, -0.15) is 27.1 Å². The van der Waals surface area contributed by atoms with Crippen LogP contribution >= 0.6 is 0 Å². The molecule has 1 fully saturated rings. The maximum atomic E-state index is 14.5. The standard InChI is InChI=1S/C29H25F6N5/c1-38-24-16-19(9-10-21(24)25(37-38)18-5-4-6-20(30)15-18)26(29(33,34)35)39-13-11-17(12-14-39)27-36-22-7-2-3-8-23(22)40(27)28(31)32/h2-10,15-17,26,28H,11-14H2,1H3. The zero-order valence-corrected chi connectivity index (χ0v) is 21.4. The van der Waals surface area contributed by atoms with Gasteiger partial charge in [0, 0.05) is 23.9 Å². The molecule has 2 aromatic heterocycles. The van der Waals surface area contributed by atoms with E-state index in [4.69, 9.17) is 0 Å². The fourth-order valence-electron chi connectivity index (χ4n) is 5.87. The first-order valence-corrected chi connectivity index (χ1v) is 12.9. The minimum Gasteiger partial charge on any atom is -0.289 e. The zero-order valence-electron chi connectivity index (χ0n) is 21.4. The molecule has 1 aliphatic rings. The number of alkyl halides is 5. The van der Waals surface area contributed by atoms with Gasteiger partial charge in [-0.15, -0.1) is 0 Å². The Balaban J connectivity index is 1.30. The van der Waals surface area contributed by atoms with Gasteiger partial charge in [0.25, 0.3) is 0 Å². The number of piperidine rings is 1. The van der Waals surface area contributed by atoms with Crippen LogP contribution < -0.4 is 0 Å². The number of likely N-dealkylation sites (tertiary alicyclic amines) is 1. The Morgan fingerprint density at radius 1 is 0.900 bits per heavy atom. The van der Waals surface area contributed by atoms with Crippen LogP contribution in [0, 0.1) is 5.82 Å². The van der Waals surface area contributed by atoms with Crippen molar-refractivity contribution < 1.29 is 26.3 Å². The maximum Gasteiger partial charge on any atom is 0.408 e. The molecule has 0 bridgehead atoms. The lowest BCUT2D eigenvalue weighted by atomic mass is 9.92. The van der Waals surface area contributed by atoms with Crippen molar-refractivity contribution in [2.45, 2.75) is 37.5 Å². The number of hydrogen-bond donors (Lipinski definition) is 0. The molecule has 0 radical (unpaired) electrons. The quantitative estimate of drug-likeness (QED) is 0.209. The van der Waals surface area contributed by atoms with Gasteiger partial charge >= 0.3 is 12.7 Å². The van der Waals surface area contributed by atoms with Gasteiger partial charge in [-0.3, -0.25) is 14.1 Å². The monoisotopic (exact) mass is 557 g/mol. The molecule has 3 heterocycles. The molecule has 1 unspecified atom stereocenters. The van der Waals surface area contributed by atoms with Crippen molar-refractivity contribution >= 4 is 21.9 Å². The van der Waals surface area contributed by atoms with Gasteiger partial charge in [0.15, 0.2) is 0 Å². The summed E-state index contributed by atoms with van der Waals surface area (Å²) in [5, 5.41) is 5.06. The predicted octanol–water partition coefficient (Wildman–Crippen LogP) is 7.61. The average molecular weight is 558 g/mol. The summed E-state index contributed by atoms with van der Waals surface area (Å²) in [6.45, 7) is -2.66. The van der Waals surface area contributed by atoms with E-state index in [1.165, 1.54) is 33.8 Å². The number of para-hydroxylation sites is 2. The molecular weight excluding hydrogens is 532 g/mol. The summed E-state index contributed by atoms with van der Waals surface area (Å²) < 4.78 is 87.7. The minimum absolute atomic E-state index is 0.0621. The molecule has 5 aromatic rings. The predicted molar refractivity (Wildman–Crippen MR) is 139 cm³/mol. The molecule has 3 aromatic carbocycles. The van der Waals surface area contributed by atoms with Crippen LogP contribution in [0.25, 0.3) is 33.2 Å². The highest BCUT2D eigenvalue weighted by Crippen LogP contribution is 2.43. The van der Waals surface area contributed by atoms with Gasteiger partial charge in [-0.05, 0) is 61.8 Å². The molecule has 11 heteroatoms. The molecule has 6 rings (SSSR count). The smallest absolute Gasteiger partial charge is 0.289 e. The van der Waals surface area contributed by atoms with Gasteiger partial charge in [0.1, 0.15) is 23.4 Å². The second-order valence-electron chi connectivity index (χ2n) is 10.1. The number of aromatic nitrogens is 4. The second-order valence-corrected chi connectivity index (χ2v) is 10.1. The van der Waals surface area contributed by atoms with Crippen molar-refractivity contribution in [3.63, 3.8) is 0 Å². The first kappa shape index (κ1) is 26.4. The van der Waals surface area contributed by atoms with Crippen LogP contribution in [0.1, 0.15) is 42.7 Å². The highest BCUT2D eigenvalue weighted by Gasteiger charge is 2.46. The van der Waals surface area contributed by atoms with Crippen LogP contribution in [-0.2, 0) is 7.05 Å². The number of imidazole rings is 1. The number of aryl methyl sites for hydroxylation is 1. The number of rotatable bonds is 5. The Morgan fingerprint density at radius 2 is 1.65 bits per heavy atom. The summed E-state index contributed by atoms with van der Waals surface area (Å²) in [4.78, 5) is 5.78. The molecule has 1 aliphatic heterocycles. The molecule has 0 N–H and O–H groups in total. The van der Waals surface area contributed by atoms with Gasteiger partial charge in [-0.25, -0.2) is 9.37 Å². The van der Waals surface area contributed by atoms with E-state index < -0.39 is 24.6 Å². The Bertz CT molecular complexity index is 1680. The van der Waals surface area contributed by atoms with Crippen LogP contribution in [0.15, 0.2) is 66.7 Å². The Labute approximate surface area is 225 Å². The van der Waals surface area contributed by atoms with Gasteiger partial charge in [0.2, 0.25) is 0 Å². The number of halogens is 6. The first-order chi connectivity index (χ1) is 19.1. The minimum atomic E-state index is -4.57. The fourth-order valence-corrected chi connectivity index (χ4v) is 5.87. The van der Waals surface area contributed by atoms with Crippen molar-refractivity contribution in [2.75, 3.05) is 13.1 Å². The summed E-state index contributed by atoms with van der Waals surface area (Å²) in [6.07, 6.45) is -4.04. The van der Waals surface area contributed by atoms with E-state index in [-0.39, 0.29) is 43.2 Å². The normalized spacial score (nSPS) is 16.4. The average Bonchev–Trinajstić information content (AvgIpc) is 3.47. The lowest BCUT2D eigenvalue weighted by Gasteiger charge is -2.38. The summed E-state index contributed by atoms with van der Waals surface area (Å²) in [6, 6.07) is 15.1. The zero-order chi connectivity index (χ0) is 28.2. The Hall–Kier alpha value is -3.86. The molecule has 0 saturated carbocycles. The number of nitrogens with zero attached hydrogens (tertiary/aromatic N) is 5. The van der Waals surface area contributed by atoms with E-state index in [1.54, 1.807) is 49.5 Å². The van der Waals surface area contributed by atoms with Crippen LogP contribution in [0.4, 0.5) is 26.3 Å². The lowest BCUT2D eigenvalue weighted by Crippen LogP contribution is -2.43. The highest BCUT2D eigenvalue weighted by molar-refractivity contribution is 5.93. The van der Waals surface area contributed by atoms with Gasteiger partial charge < -0.3 is 0 Å². The Morgan fingerprint density at radius 3 is 2.35 bits per heavy atom. The molecule has 208 valence electrons. The Kier molecular flexibility index (Phi) is 6.56. The molecular formula is C29H25F6N5. The molecule has 1 saturated heterocycles. The summed E-state index contributed by atoms with van der Waals surface area (Å²) in [5.74, 6) is -0.613. The fraction of sp³-hybridized carbons (Fsp3) is 0.310. The molecule has 0 aliphatic carbocycles. The molecule has 0 amide bonds. The first-order valence-electron chi connectivity index (χ1n) is 12.9. The van der Waals surface area contributed by atoms with Crippen molar-refractivity contribution in [3.8, 4) is 11.3 Å². The largest absolute Gasteiger partial charge is 0.408 e.